The van der Waals surface area contributed by atoms with Gasteiger partial charge in [-0.2, -0.15) is 0 Å². The van der Waals surface area contributed by atoms with Gasteiger partial charge >= 0.3 is 5.97 Å². The predicted molar refractivity (Wildman–Crippen MR) is 86.7 cm³/mol. The Kier molecular flexibility index (Phi) is 7.22. The van der Waals surface area contributed by atoms with Crippen molar-refractivity contribution in [2.75, 3.05) is 0 Å². The van der Waals surface area contributed by atoms with Crippen molar-refractivity contribution in [1.29, 1.82) is 5.26 Å². The standard InChI is InChI=1S/C19H31NO2/c1-2-3-4-5-15-6-8-16(9-7-15)17-10-12-18(13-11-17)19(21)22-14-20/h15-18H,2-13H2,1H3. The smallest absolute Gasteiger partial charge is 0.324 e. The third-order valence-corrected chi connectivity index (χ3v) is 6.03. The van der Waals surface area contributed by atoms with Gasteiger partial charge in [-0.1, -0.05) is 45.4 Å². The Labute approximate surface area is 135 Å². The molecule has 0 aromatic carbocycles. The van der Waals surface area contributed by atoms with Crippen LogP contribution in [0.5, 0.6) is 0 Å². The molecule has 0 aliphatic heterocycles. The Morgan fingerprint density at radius 2 is 1.59 bits per heavy atom. The van der Waals surface area contributed by atoms with Gasteiger partial charge in [-0.25, -0.2) is 0 Å². The third-order valence-electron chi connectivity index (χ3n) is 6.03. The molecule has 0 atom stereocenters. The summed E-state index contributed by atoms with van der Waals surface area (Å²) >= 11 is 0. The van der Waals surface area contributed by atoms with E-state index < -0.39 is 0 Å². The highest BCUT2D eigenvalue weighted by molar-refractivity contribution is 5.73. The number of carbonyl (C=O) groups excluding carboxylic acids is 1. The zero-order chi connectivity index (χ0) is 15.8. The van der Waals surface area contributed by atoms with Crippen molar-refractivity contribution in [3.05, 3.63) is 0 Å². The van der Waals surface area contributed by atoms with E-state index in [1.807, 2.05) is 0 Å². The second-order valence-electron chi connectivity index (χ2n) is 7.40. The first-order chi connectivity index (χ1) is 10.7. The highest BCUT2D eigenvalue weighted by Crippen LogP contribution is 2.42. The molecule has 0 N–H and O–H groups in total. The van der Waals surface area contributed by atoms with Crippen LogP contribution in [0.25, 0.3) is 0 Å². The summed E-state index contributed by atoms with van der Waals surface area (Å²) in [6.07, 6.45) is 16.9. The Morgan fingerprint density at radius 3 is 2.14 bits per heavy atom. The predicted octanol–water partition coefficient (Wildman–Crippen LogP) is 5.20. The van der Waals surface area contributed by atoms with E-state index in [1.54, 1.807) is 0 Å². The minimum atomic E-state index is -0.305. The summed E-state index contributed by atoms with van der Waals surface area (Å²) in [5, 5.41) is 8.43. The number of hydrogen-bond acceptors (Lipinski definition) is 3. The molecule has 2 fully saturated rings. The first-order valence-electron chi connectivity index (χ1n) is 9.34. The molecule has 0 radical (unpaired) electrons. The second kappa shape index (κ2) is 9.18. The van der Waals surface area contributed by atoms with Crippen LogP contribution in [0.2, 0.25) is 0 Å². The maximum atomic E-state index is 11.6. The summed E-state index contributed by atoms with van der Waals surface area (Å²) in [6.45, 7) is 2.28. The normalized spacial score (nSPS) is 32.2. The van der Waals surface area contributed by atoms with E-state index in [0.717, 1.165) is 43.4 Å². The lowest BCUT2D eigenvalue weighted by Gasteiger charge is -2.37. The highest BCUT2D eigenvalue weighted by atomic mass is 16.5. The maximum absolute atomic E-state index is 11.6. The number of nitriles is 1. The largest absolute Gasteiger partial charge is 0.351 e. The lowest BCUT2D eigenvalue weighted by Crippen LogP contribution is -2.28. The van der Waals surface area contributed by atoms with Gasteiger partial charge in [-0.05, 0) is 56.3 Å². The number of rotatable bonds is 6. The summed E-state index contributed by atoms with van der Waals surface area (Å²) in [4.78, 5) is 11.6. The van der Waals surface area contributed by atoms with E-state index in [9.17, 15) is 4.79 Å². The molecule has 0 bridgehead atoms. The number of esters is 1. The van der Waals surface area contributed by atoms with E-state index in [2.05, 4.69) is 11.7 Å². The number of hydrogen-bond donors (Lipinski definition) is 0. The first-order valence-corrected chi connectivity index (χ1v) is 9.34. The monoisotopic (exact) mass is 305 g/mol. The molecule has 0 aromatic rings. The van der Waals surface area contributed by atoms with Gasteiger partial charge < -0.3 is 4.74 Å². The summed E-state index contributed by atoms with van der Waals surface area (Å²) in [7, 11) is 0. The van der Waals surface area contributed by atoms with Crippen LogP contribution < -0.4 is 0 Å². The molecular formula is C19H31NO2. The third kappa shape index (κ3) is 5.00. The number of carbonyl (C=O) groups is 1. The molecule has 0 heterocycles. The van der Waals surface area contributed by atoms with Gasteiger partial charge in [-0.15, -0.1) is 5.26 Å². The van der Waals surface area contributed by atoms with E-state index in [1.165, 1.54) is 57.6 Å². The molecule has 2 rings (SSSR count). The molecule has 0 amide bonds. The molecular weight excluding hydrogens is 274 g/mol. The summed E-state index contributed by atoms with van der Waals surface area (Å²) in [6, 6.07) is 0. The average Bonchev–Trinajstić information content (AvgIpc) is 2.56. The molecule has 3 heteroatoms. The van der Waals surface area contributed by atoms with Gasteiger partial charge in [0.05, 0.1) is 5.92 Å². The number of unbranched alkanes of at least 4 members (excludes halogenated alkanes) is 2. The average molecular weight is 305 g/mol. The van der Waals surface area contributed by atoms with E-state index in [-0.39, 0.29) is 11.9 Å². The molecule has 0 saturated heterocycles. The minimum Gasteiger partial charge on any atom is -0.351 e. The summed E-state index contributed by atoms with van der Waals surface area (Å²) < 4.78 is 4.49. The fraction of sp³-hybridized carbons (Fsp3) is 0.895. The van der Waals surface area contributed by atoms with Crippen LogP contribution in [-0.4, -0.2) is 5.97 Å². The highest BCUT2D eigenvalue weighted by Gasteiger charge is 2.33. The second-order valence-corrected chi connectivity index (χ2v) is 7.40. The van der Waals surface area contributed by atoms with Crippen LogP contribution in [0, 0.1) is 35.2 Å². The van der Waals surface area contributed by atoms with Crippen molar-refractivity contribution < 1.29 is 9.53 Å². The van der Waals surface area contributed by atoms with E-state index in [0.29, 0.717) is 0 Å². The Bertz CT molecular complexity index is 371. The lowest BCUT2D eigenvalue weighted by atomic mass is 9.68. The van der Waals surface area contributed by atoms with Crippen LogP contribution in [0.15, 0.2) is 0 Å². The van der Waals surface area contributed by atoms with E-state index >= 15 is 0 Å². The molecule has 124 valence electrons. The molecule has 2 aliphatic rings. The van der Waals surface area contributed by atoms with Crippen LogP contribution in [0.1, 0.15) is 84.0 Å². The molecule has 0 spiro atoms. The van der Waals surface area contributed by atoms with Crippen molar-refractivity contribution in [1.82, 2.24) is 0 Å². The van der Waals surface area contributed by atoms with Crippen molar-refractivity contribution in [2.45, 2.75) is 84.0 Å². The van der Waals surface area contributed by atoms with Gasteiger partial charge in [-0.3, -0.25) is 4.79 Å². The first kappa shape index (κ1) is 17.3. The Morgan fingerprint density at radius 1 is 1.00 bits per heavy atom. The zero-order valence-electron chi connectivity index (χ0n) is 14.1. The summed E-state index contributed by atoms with van der Waals surface area (Å²) in [5.74, 6) is 2.34. The summed E-state index contributed by atoms with van der Waals surface area (Å²) in [5.41, 5.74) is 0. The van der Waals surface area contributed by atoms with Crippen molar-refractivity contribution >= 4 is 5.97 Å². The lowest BCUT2D eigenvalue weighted by molar-refractivity contribution is -0.143. The topological polar surface area (TPSA) is 50.1 Å². The zero-order valence-corrected chi connectivity index (χ0v) is 14.1. The van der Waals surface area contributed by atoms with Crippen LogP contribution >= 0.6 is 0 Å². The fourth-order valence-electron chi connectivity index (χ4n) is 4.59. The van der Waals surface area contributed by atoms with Crippen LogP contribution in [0.4, 0.5) is 0 Å². The Balaban J connectivity index is 1.66. The number of ether oxygens (including phenoxy) is 1. The molecule has 0 unspecified atom stereocenters. The molecule has 3 nitrogen and oxygen atoms in total. The van der Waals surface area contributed by atoms with Gasteiger partial charge in [0.25, 0.3) is 6.26 Å². The van der Waals surface area contributed by atoms with Gasteiger partial charge in [0.2, 0.25) is 0 Å². The fourth-order valence-corrected chi connectivity index (χ4v) is 4.59. The SMILES string of the molecule is CCCCCC1CCC(C2CCC(C(=O)OC#N)CC2)CC1. The molecule has 22 heavy (non-hydrogen) atoms. The van der Waals surface area contributed by atoms with Crippen LogP contribution in [0.3, 0.4) is 0 Å². The van der Waals surface area contributed by atoms with Crippen molar-refractivity contribution in [2.24, 2.45) is 23.7 Å². The van der Waals surface area contributed by atoms with Gasteiger partial charge in [0.1, 0.15) is 0 Å². The minimum absolute atomic E-state index is 0.0266. The molecule has 0 aromatic heterocycles. The van der Waals surface area contributed by atoms with Gasteiger partial charge in [0, 0.05) is 0 Å². The maximum Gasteiger partial charge on any atom is 0.324 e. The van der Waals surface area contributed by atoms with Crippen molar-refractivity contribution in [3.8, 4) is 6.26 Å². The molecule has 2 saturated carbocycles. The number of nitrogens with zero attached hydrogens (tertiary/aromatic N) is 1. The Hall–Kier alpha value is -1.04. The van der Waals surface area contributed by atoms with Crippen molar-refractivity contribution in [3.63, 3.8) is 0 Å². The van der Waals surface area contributed by atoms with Crippen LogP contribution in [-0.2, 0) is 9.53 Å². The molecule has 2 aliphatic carbocycles. The van der Waals surface area contributed by atoms with Gasteiger partial charge in [0.15, 0.2) is 0 Å². The van der Waals surface area contributed by atoms with E-state index in [4.69, 9.17) is 5.26 Å². The quantitative estimate of drug-likeness (QED) is 0.385.